The molecule has 0 aliphatic rings. The second kappa shape index (κ2) is 9.34. The summed E-state index contributed by atoms with van der Waals surface area (Å²) in [6.45, 7) is 3.64. The maximum atomic E-state index is 11.3. The van der Waals surface area contributed by atoms with E-state index >= 15 is 0 Å². The van der Waals surface area contributed by atoms with Crippen molar-refractivity contribution in [3.05, 3.63) is 0 Å². The van der Waals surface area contributed by atoms with E-state index in [1.807, 2.05) is 6.26 Å². The minimum Gasteiger partial charge on any atom is -0.355 e. The summed E-state index contributed by atoms with van der Waals surface area (Å²) in [4.78, 5) is 11.3. The fraction of sp³-hybridized carbons (Fsp3) is 0.900. The highest BCUT2D eigenvalue weighted by molar-refractivity contribution is 7.98. The van der Waals surface area contributed by atoms with Gasteiger partial charge in [0.05, 0.1) is 0 Å². The lowest BCUT2D eigenvalue weighted by molar-refractivity contribution is -0.121. The van der Waals surface area contributed by atoms with Gasteiger partial charge in [-0.25, -0.2) is 0 Å². The van der Waals surface area contributed by atoms with Gasteiger partial charge in [-0.2, -0.15) is 11.8 Å². The van der Waals surface area contributed by atoms with E-state index in [0.717, 1.165) is 31.7 Å². The number of rotatable bonds is 8. The highest BCUT2D eigenvalue weighted by atomic mass is 32.2. The van der Waals surface area contributed by atoms with Gasteiger partial charge in [-0.3, -0.25) is 4.79 Å². The summed E-state index contributed by atoms with van der Waals surface area (Å²) >= 11 is 1.74. The fourth-order valence-corrected chi connectivity index (χ4v) is 1.49. The minimum absolute atomic E-state index is 0.169. The van der Waals surface area contributed by atoms with Crippen molar-refractivity contribution in [2.24, 2.45) is 11.7 Å². The lowest BCUT2D eigenvalue weighted by atomic mass is 10.0. The van der Waals surface area contributed by atoms with Gasteiger partial charge >= 0.3 is 0 Å². The summed E-state index contributed by atoms with van der Waals surface area (Å²) < 4.78 is 0. The molecule has 14 heavy (non-hydrogen) atoms. The predicted octanol–water partition coefficient (Wildman–Crippen LogP) is 1.23. The SMILES string of the molecule is CSCCNC(=O)CCC(C)CCN. The summed E-state index contributed by atoms with van der Waals surface area (Å²) in [5.74, 6) is 1.72. The first-order valence-electron chi connectivity index (χ1n) is 5.16. The Morgan fingerprint density at radius 2 is 2.21 bits per heavy atom. The molecule has 0 radical (unpaired) electrons. The Labute approximate surface area is 91.2 Å². The van der Waals surface area contributed by atoms with Crippen LogP contribution in [0, 0.1) is 5.92 Å². The maximum absolute atomic E-state index is 11.3. The molecular weight excluding hydrogens is 196 g/mol. The second-order valence-corrected chi connectivity index (χ2v) is 4.55. The van der Waals surface area contributed by atoms with Gasteiger partial charge in [0.25, 0.3) is 0 Å². The second-order valence-electron chi connectivity index (χ2n) is 3.56. The largest absolute Gasteiger partial charge is 0.355 e. The molecule has 0 fully saturated rings. The number of nitrogens with one attached hydrogen (secondary N) is 1. The van der Waals surface area contributed by atoms with E-state index in [0.29, 0.717) is 12.3 Å². The molecule has 0 aliphatic heterocycles. The monoisotopic (exact) mass is 218 g/mol. The summed E-state index contributed by atoms with van der Waals surface area (Å²) in [7, 11) is 0. The first kappa shape index (κ1) is 13.8. The number of hydrogen-bond donors (Lipinski definition) is 2. The molecule has 84 valence electrons. The zero-order chi connectivity index (χ0) is 10.8. The van der Waals surface area contributed by atoms with Crippen molar-refractivity contribution in [2.75, 3.05) is 25.1 Å². The van der Waals surface area contributed by atoms with Gasteiger partial charge in [-0.1, -0.05) is 6.92 Å². The minimum atomic E-state index is 0.169. The normalized spacial score (nSPS) is 12.5. The van der Waals surface area contributed by atoms with Crippen LogP contribution in [0.5, 0.6) is 0 Å². The molecule has 0 aliphatic carbocycles. The molecule has 1 unspecified atom stereocenters. The molecule has 0 rings (SSSR count). The van der Waals surface area contributed by atoms with Gasteiger partial charge in [-0.15, -0.1) is 0 Å². The topological polar surface area (TPSA) is 55.1 Å². The molecule has 0 aromatic carbocycles. The number of carbonyl (C=O) groups is 1. The molecule has 0 aromatic heterocycles. The van der Waals surface area contributed by atoms with Crippen molar-refractivity contribution in [3.63, 3.8) is 0 Å². The van der Waals surface area contributed by atoms with Crippen molar-refractivity contribution in [3.8, 4) is 0 Å². The average molecular weight is 218 g/mol. The lowest BCUT2D eigenvalue weighted by Gasteiger charge is -2.09. The number of amides is 1. The Kier molecular flexibility index (Phi) is 9.19. The van der Waals surface area contributed by atoms with E-state index in [1.54, 1.807) is 11.8 Å². The van der Waals surface area contributed by atoms with Gasteiger partial charge in [0.2, 0.25) is 5.91 Å². The first-order valence-corrected chi connectivity index (χ1v) is 6.55. The third-order valence-electron chi connectivity index (χ3n) is 2.15. The number of hydrogen-bond acceptors (Lipinski definition) is 3. The van der Waals surface area contributed by atoms with E-state index in [2.05, 4.69) is 12.2 Å². The van der Waals surface area contributed by atoms with Crippen molar-refractivity contribution < 1.29 is 4.79 Å². The molecule has 0 saturated carbocycles. The Bertz CT molecular complexity index is 153. The van der Waals surface area contributed by atoms with E-state index in [1.165, 1.54) is 0 Å². The quantitative estimate of drug-likeness (QED) is 0.603. The maximum Gasteiger partial charge on any atom is 0.220 e. The number of carbonyl (C=O) groups excluding carboxylic acids is 1. The Hall–Kier alpha value is -0.220. The summed E-state index contributed by atoms with van der Waals surface area (Å²) in [5.41, 5.74) is 5.43. The average Bonchev–Trinajstić information content (AvgIpc) is 2.16. The van der Waals surface area contributed by atoms with Crippen LogP contribution >= 0.6 is 11.8 Å². The zero-order valence-electron chi connectivity index (χ0n) is 9.21. The van der Waals surface area contributed by atoms with E-state index in [4.69, 9.17) is 5.73 Å². The zero-order valence-corrected chi connectivity index (χ0v) is 10.0. The molecule has 0 bridgehead atoms. The van der Waals surface area contributed by atoms with Crippen LogP contribution in [-0.4, -0.2) is 31.0 Å². The summed E-state index contributed by atoms with van der Waals surface area (Å²) in [6.07, 6.45) is 4.63. The molecule has 0 saturated heterocycles. The van der Waals surface area contributed by atoms with Crippen molar-refractivity contribution in [1.82, 2.24) is 5.32 Å². The molecule has 4 heteroatoms. The molecule has 1 atom stereocenters. The van der Waals surface area contributed by atoms with E-state index in [9.17, 15) is 4.79 Å². The highest BCUT2D eigenvalue weighted by Gasteiger charge is 2.05. The van der Waals surface area contributed by atoms with Crippen LogP contribution in [0.15, 0.2) is 0 Å². The third kappa shape index (κ3) is 8.38. The van der Waals surface area contributed by atoms with Gasteiger partial charge < -0.3 is 11.1 Å². The summed E-state index contributed by atoms with van der Waals surface area (Å²) in [6, 6.07) is 0. The fourth-order valence-electron chi connectivity index (χ4n) is 1.19. The van der Waals surface area contributed by atoms with E-state index in [-0.39, 0.29) is 5.91 Å². The van der Waals surface area contributed by atoms with Crippen LogP contribution in [0.3, 0.4) is 0 Å². The number of thioether (sulfide) groups is 1. The molecular formula is C10H22N2OS. The third-order valence-corrected chi connectivity index (χ3v) is 2.76. The van der Waals surface area contributed by atoms with Gasteiger partial charge in [0, 0.05) is 18.7 Å². The molecule has 0 heterocycles. The van der Waals surface area contributed by atoms with E-state index < -0.39 is 0 Å². The van der Waals surface area contributed by atoms with Gasteiger partial charge in [0.1, 0.15) is 0 Å². The van der Waals surface area contributed by atoms with Crippen molar-refractivity contribution in [1.29, 1.82) is 0 Å². The van der Waals surface area contributed by atoms with Crippen LogP contribution in [-0.2, 0) is 4.79 Å². The molecule has 0 spiro atoms. The smallest absolute Gasteiger partial charge is 0.220 e. The van der Waals surface area contributed by atoms with Crippen molar-refractivity contribution in [2.45, 2.75) is 26.2 Å². The highest BCUT2D eigenvalue weighted by Crippen LogP contribution is 2.08. The summed E-state index contributed by atoms with van der Waals surface area (Å²) in [5, 5.41) is 2.89. The van der Waals surface area contributed by atoms with Crippen LogP contribution in [0.2, 0.25) is 0 Å². The van der Waals surface area contributed by atoms with Crippen LogP contribution in [0.4, 0.5) is 0 Å². The molecule has 1 amide bonds. The van der Waals surface area contributed by atoms with Gasteiger partial charge in [-0.05, 0) is 31.6 Å². The van der Waals surface area contributed by atoms with Crippen LogP contribution in [0.1, 0.15) is 26.2 Å². The Morgan fingerprint density at radius 1 is 1.50 bits per heavy atom. The number of nitrogens with two attached hydrogens (primary N) is 1. The van der Waals surface area contributed by atoms with Crippen molar-refractivity contribution >= 4 is 17.7 Å². The Balaban J connectivity index is 3.34. The van der Waals surface area contributed by atoms with Crippen LogP contribution < -0.4 is 11.1 Å². The standard InChI is InChI=1S/C10H22N2OS/c1-9(5-6-11)3-4-10(13)12-7-8-14-2/h9H,3-8,11H2,1-2H3,(H,12,13). The predicted molar refractivity (Wildman–Crippen MR) is 63.5 cm³/mol. The molecule has 0 aromatic rings. The molecule has 3 N–H and O–H groups in total. The first-order chi connectivity index (χ1) is 6.70. The van der Waals surface area contributed by atoms with Crippen LogP contribution in [0.25, 0.3) is 0 Å². The Morgan fingerprint density at radius 3 is 2.79 bits per heavy atom. The lowest BCUT2D eigenvalue weighted by Crippen LogP contribution is -2.25. The van der Waals surface area contributed by atoms with Gasteiger partial charge in [0.15, 0.2) is 0 Å². The molecule has 3 nitrogen and oxygen atoms in total.